The summed E-state index contributed by atoms with van der Waals surface area (Å²) in [5, 5.41) is 0. The predicted molar refractivity (Wildman–Crippen MR) is 97.9 cm³/mol. The van der Waals surface area contributed by atoms with Crippen LogP contribution in [0.4, 0.5) is 0 Å². The number of benzene rings is 1. The van der Waals surface area contributed by atoms with Gasteiger partial charge in [-0.3, -0.25) is 4.90 Å². The van der Waals surface area contributed by atoms with Crippen LogP contribution in [0.5, 0.6) is 0 Å². The molecule has 124 valence electrons. The molecule has 2 aliphatic rings. The molecule has 0 radical (unpaired) electrons. The van der Waals surface area contributed by atoms with Crippen molar-refractivity contribution >= 4 is 12.4 Å². The minimum absolute atomic E-state index is 0. The molecule has 2 heteroatoms. The Morgan fingerprint density at radius 1 is 1.09 bits per heavy atom. The fourth-order valence-corrected chi connectivity index (χ4v) is 4.94. The molecular weight excluding hydrogens is 290 g/mol. The Balaban J connectivity index is 0.00000176. The standard InChI is InChI=1S/C20H31N.ClH/c1-4-20(21(3)16-17-12-13-17)15-9-8-14-19(20,2)18-10-6-5-7-11-18;/h5-7,10-11,17H,4,8-9,12-16H2,1-3H3;1H. The lowest BCUT2D eigenvalue weighted by molar-refractivity contribution is -0.00521. The third kappa shape index (κ3) is 2.95. The van der Waals surface area contributed by atoms with E-state index in [4.69, 9.17) is 0 Å². The average Bonchev–Trinajstić information content (AvgIpc) is 3.32. The number of rotatable bonds is 5. The molecule has 0 N–H and O–H groups in total. The maximum atomic E-state index is 2.75. The summed E-state index contributed by atoms with van der Waals surface area (Å²) in [5.74, 6) is 0.973. The van der Waals surface area contributed by atoms with Crippen molar-refractivity contribution in [3.8, 4) is 0 Å². The molecule has 22 heavy (non-hydrogen) atoms. The average molecular weight is 322 g/mol. The first-order valence-electron chi connectivity index (χ1n) is 8.89. The summed E-state index contributed by atoms with van der Waals surface area (Å²) in [6, 6.07) is 11.3. The quantitative estimate of drug-likeness (QED) is 0.699. The highest BCUT2D eigenvalue weighted by Gasteiger charge is 2.52. The van der Waals surface area contributed by atoms with Gasteiger partial charge in [-0.2, -0.15) is 0 Å². The van der Waals surface area contributed by atoms with Crippen LogP contribution in [-0.4, -0.2) is 24.0 Å². The molecule has 2 atom stereocenters. The van der Waals surface area contributed by atoms with E-state index in [0.29, 0.717) is 11.0 Å². The molecule has 0 heterocycles. The second-order valence-electron chi connectivity index (χ2n) is 7.61. The zero-order chi connectivity index (χ0) is 14.9. The summed E-state index contributed by atoms with van der Waals surface area (Å²) in [6.07, 6.45) is 9.63. The maximum absolute atomic E-state index is 2.75. The van der Waals surface area contributed by atoms with Crippen LogP contribution in [0.15, 0.2) is 30.3 Å². The van der Waals surface area contributed by atoms with Gasteiger partial charge in [-0.05, 0) is 50.6 Å². The van der Waals surface area contributed by atoms with Gasteiger partial charge in [0.1, 0.15) is 0 Å². The van der Waals surface area contributed by atoms with E-state index in [1.807, 2.05) is 0 Å². The van der Waals surface area contributed by atoms with Crippen molar-refractivity contribution in [2.75, 3.05) is 13.6 Å². The Morgan fingerprint density at radius 3 is 2.32 bits per heavy atom. The third-order valence-electron chi connectivity index (χ3n) is 6.50. The van der Waals surface area contributed by atoms with Crippen molar-refractivity contribution < 1.29 is 0 Å². The molecule has 2 fully saturated rings. The first-order chi connectivity index (χ1) is 10.1. The molecular formula is C20H32ClN. The fourth-order valence-electron chi connectivity index (χ4n) is 4.94. The van der Waals surface area contributed by atoms with Gasteiger partial charge < -0.3 is 0 Å². The zero-order valence-corrected chi connectivity index (χ0v) is 15.3. The third-order valence-corrected chi connectivity index (χ3v) is 6.50. The van der Waals surface area contributed by atoms with Gasteiger partial charge in [0.15, 0.2) is 0 Å². The molecule has 1 nitrogen and oxygen atoms in total. The van der Waals surface area contributed by atoms with Crippen LogP contribution in [0.1, 0.15) is 64.4 Å². The minimum atomic E-state index is 0. The summed E-state index contributed by atoms with van der Waals surface area (Å²) in [4.78, 5) is 2.75. The lowest BCUT2D eigenvalue weighted by atomic mass is 9.57. The molecule has 1 aromatic carbocycles. The van der Waals surface area contributed by atoms with E-state index in [0.717, 1.165) is 5.92 Å². The summed E-state index contributed by atoms with van der Waals surface area (Å²) >= 11 is 0. The molecule has 1 aromatic rings. The first kappa shape index (κ1) is 17.8. The summed E-state index contributed by atoms with van der Waals surface area (Å²) in [5.41, 5.74) is 2.19. The van der Waals surface area contributed by atoms with Gasteiger partial charge in [-0.1, -0.05) is 57.0 Å². The molecule has 0 aliphatic heterocycles. The Hall–Kier alpha value is -0.530. The van der Waals surface area contributed by atoms with Crippen molar-refractivity contribution in [3.63, 3.8) is 0 Å². The normalized spacial score (nSPS) is 31.8. The lowest BCUT2D eigenvalue weighted by Gasteiger charge is -2.57. The van der Waals surface area contributed by atoms with Crippen LogP contribution in [0.3, 0.4) is 0 Å². The van der Waals surface area contributed by atoms with Crippen molar-refractivity contribution in [2.45, 2.75) is 69.7 Å². The molecule has 2 aliphatic carbocycles. The number of hydrogen-bond acceptors (Lipinski definition) is 1. The topological polar surface area (TPSA) is 3.24 Å². The van der Waals surface area contributed by atoms with E-state index < -0.39 is 0 Å². The highest BCUT2D eigenvalue weighted by atomic mass is 35.5. The van der Waals surface area contributed by atoms with Crippen LogP contribution in [0, 0.1) is 5.92 Å². The lowest BCUT2D eigenvalue weighted by Crippen LogP contribution is -2.61. The van der Waals surface area contributed by atoms with Crippen molar-refractivity contribution in [3.05, 3.63) is 35.9 Å². The predicted octanol–water partition coefficient (Wildman–Crippen LogP) is 5.43. The summed E-state index contributed by atoms with van der Waals surface area (Å²) < 4.78 is 0. The molecule has 2 saturated carbocycles. The molecule has 0 saturated heterocycles. The van der Waals surface area contributed by atoms with Crippen LogP contribution >= 0.6 is 12.4 Å². The van der Waals surface area contributed by atoms with Crippen LogP contribution in [0.25, 0.3) is 0 Å². The second kappa shape index (κ2) is 6.93. The van der Waals surface area contributed by atoms with E-state index in [1.54, 1.807) is 5.56 Å². The highest BCUT2D eigenvalue weighted by molar-refractivity contribution is 5.85. The summed E-state index contributed by atoms with van der Waals surface area (Å²) in [7, 11) is 2.40. The highest BCUT2D eigenvalue weighted by Crippen LogP contribution is 2.51. The van der Waals surface area contributed by atoms with Crippen molar-refractivity contribution in [1.29, 1.82) is 0 Å². The van der Waals surface area contributed by atoms with Crippen molar-refractivity contribution in [2.24, 2.45) is 5.92 Å². The molecule has 0 spiro atoms. The number of hydrogen-bond donors (Lipinski definition) is 0. The smallest absolute Gasteiger partial charge is 0.0297 e. The van der Waals surface area contributed by atoms with Crippen LogP contribution in [-0.2, 0) is 5.41 Å². The number of nitrogens with zero attached hydrogens (tertiary/aromatic N) is 1. The molecule has 2 unspecified atom stereocenters. The number of halogens is 1. The zero-order valence-electron chi connectivity index (χ0n) is 14.5. The monoisotopic (exact) mass is 321 g/mol. The minimum Gasteiger partial charge on any atom is -0.300 e. The van der Waals surface area contributed by atoms with Gasteiger partial charge in [-0.25, -0.2) is 0 Å². The van der Waals surface area contributed by atoms with Gasteiger partial charge in [0.25, 0.3) is 0 Å². The van der Waals surface area contributed by atoms with Crippen LogP contribution < -0.4 is 0 Å². The van der Waals surface area contributed by atoms with E-state index in [2.05, 4.69) is 56.1 Å². The van der Waals surface area contributed by atoms with Gasteiger partial charge in [0, 0.05) is 17.5 Å². The Kier molecular flexibility index (Phi) is 5.61. The van der Waals surface area contributed by atoms with Crippen LogP contribution in [0.2, 0.25) is 0 Å². The first-order valence-corrected chi connectivity index (χ1v) is 8.89. The second-order valence-corrected chi connectivity index (χ2v) is 7.61. The van der Waals surface area contributed by atoms with Crippen molar-refractivity contribution in [1.82, 2.24) is 4.90 Å². The molecule has 3 rings (SSSR count). The fraction of sp³-hybridized carbons (Fsp3) is 0.700. The van der Waals surface area contributed by atoms with E-state index in [-0.39, 0.29) is 12.4 Å². The van der Waals surface area contributed by atoms with Gasteiger partial charge in [-0.15, -0.1) is 12.4 Å². The SMILES string of the molecule is CCC1(N(C)CC2CC2)CCCCC1(C)c1ccccc1.Cl. The van der Waals surface area contributed by atoms with Gasteiger partial charge in [0.05, 0.1) is 0 Å². The Labute approximate surface area is 142 Å². The molecule has 0 bridgehead atoms. The molecule has 0 amide bonds. The van der Waals surface area contributed by atoms with E-state index >= 15 is 0 Å². The van der Waals surface area contributed by atoms with E-state index in [9.17, 15) is 0 Å². The van der Waals surface area contributed by atoms with E-state index in [1.165, 1.54) is 51.5 Å². The largest absolute Gasteiger partial charge is 0.300 e. The van der Waals surface area contributed by atoms with Gasteiger partial charge >= 0.3 is 0 Å². The maximum Gasteiger partial charge on any atom is 0.0297 e. The van der Waals surface area contributed by atoms with Gasteiger partial charge in [0.2, 0.25) is 0 Å². The number of likely N-dealkylation sites (N-methyl/N-ethyl adjacent to an activating group) is 1. The molecule has 0 aromatic heterocycles. The summed E-state index contributed by atoms with van der Waals surface area (Å²) in [6.45, 7) is 6.25. The Morgan fingerprint density at radius 2 is 1.73 bits per heavy atom. The Bertz CT molecular complexity index is 470.